The SMILES string of the molecule is CC1(C)c2ccccc2-c2ccc(N(c3cccc(-c4ccccc4)c3)c3ccc4c(c3)C3[C@H]5C[C@@H]6C[C@@H](C)C[C@@H](C5)C36c3ccccc3C4(C)C)cc21. The van der Waals surface area contributed by atoms with Crippen LogP contribution >= 0.6 is 0 Å². The molecular weight excluding hydrogens is 651 g/mol. The smallest absolute Gasteiger partial charge is 0.0467 e. The summed E-state index contributed by atoms with van der Waals surface area (Å²) in [6, 6.07) is 53.7. The molecule has 268 valence electrons. The van der Waals surface area contributed by atoms with Gasteiger partial charge in [0.25, 0.3) is 0 Å². The second-order valence-corrected chi connectivity index (χ2v) is 18.7. The minimum atomic E-state index is -0.0783. The first-order valence-electron chi connectivity index (χ1n) is 20.6. The van der Waals surface area contributed by atoms with Crippen molar-refractivity contribution in [1.82, 2.24) is 0 Å². The molecular formula is C53H51N. The summed E-state index contributed by atoms with van der Waals surface area (Å²) in [5, 5.41) is 0. The standard InChI is InChI=1S/C53H51N/c1-33-26-37-28-36-29-38(27-33)53(37)48-21-12-11-20-47(48)51(2,3)46-25-23-40(31-44(46)50(36)53)54(39-17-13-16-35(30-39)34-14-7-6-8-15-34)41-22-24-43-42-18-9-10-19-45(42)52(4,5)49(43)32-41/h6-25,30-33,36-38,50H,26-29H2,1-5H3/t33-,36+,37-,38-,50?,53?/m0/s1. The fourth-order valence-corrected chi connectivity index (χ4v) is 13.3. The molecule has 5 aliphatic carbocycles. The van der Waals surface area contributed by atoms with E-state index in [4.69, 9.17) is 0 Å². The van der Waals surface area contributed by atoms with Crippen molar-refractivity contribution in [3.8, 4) is 22.3 Å². The van der Waals surface area contributed by atoms with E-state index in [1.54, 1.807) is 16.7 Å². The van der Waals surface area contributed by atoms with Gasteiger partial charge < -0.3 is 4.90 Å². The van der Waals surface area contributed by atoms with Gasteiger partial charge in [-0.2, -0.15) is 0 Å². The van der Waals surface area contributed by atoms with Crippen molar-refractivity contribution in [2.24, 2.45) is 23.7 Å². The summed E-state index contributed by atoms with van der Waals surface area (Å²) in [6.45, 7) is 12.4. The van der Waals surface area contributed by atoms with Crippen molar-refractivity contribution in [2.45, 2.75) is 82.5 Å². The van der Waals surface area contributed by atoms with Crippen molar-refractivity contribution in [1.29, 1.82) is 0 Å². The largest absolute Gasteiger partial charge is 0.310 e. The van der Waals surface area contributed by atoms with Gasteiger partial charge in [0.2, 0.25) is 0 Å². The van der Waals surface area contributed by atoms with Crippen LogP contribution in [0.15, 0.2) is 140 Å². The van der Waals surface area contributed by atoms with Crippen LogP contribution in [-0.2, 0) is 16.2 Å². The van der Waals surface area contributed by atoms with E-state index in [1.165, 1.54) is 81.7 Å². The molecule has 2 bridgehead atoms. The Morgan fingerprint density at radius 1 is 0.463 bits per heavy atom. The van der Waals surface area contributed by atoms with E-state index in [2.05, 4.69) is 179 Å². The number of benzene rings is 6. The summed E-state index contributed by atoms with van der Waals surface area (Å²) in [5.41, 5.74) is 18.3. The molecule has 0 aliphatic heterocycles. The summed E-state index contributed by atoms with van der Waals surface area (Å²) in [7, 11) is 0. The van der Waals surface area contributed by atoms with E-state index >= 15 is 0 Å². The van der Waals surface area contributed by atoms with Crippen molar-refractivity contribution < 1.29 is 0 Å². The zero-order chi connectivity index (χ0) is 36.6. The second kappa shape index (κ2) is 11.3. The Kier molecular flexibility index (Phi) is 6.83. The molecule has 54 heavy (non-hydrogen) atoms. The van der Waals surface area contributed by atoms with Gasteiger partial charge in [-0.05, 0) is 147 Å². The van der Waals surface area contributed by atoms with Gasteiger partial charge in [-0.1, -0.05) is 138 Å². The lowest BCUT2D eigenvalue weighted by Gasteiger charge is -2.50. The molecule has 0 radical (unpaired) electrons. The van der Waals surface area contributed by atoms with E-state index in [0.29, 0.717) is 5.92 Å². The molecule has 0 heterocycles. The third-order valence-electron chi connectivity index (χ3n) is 15.3. The van der Waals surface area contributed by atoms with Gasteiger partial charge in [0.15, 0.2) is 0 Å². The quantitative estimate of drug-likeness (QED) is 0.177. The molecule has 1 heteroatoms. The van der Waals surface area contributed by atoms with Crippen LogP contribution in [0.3, 0.4) is 0 Å². The van der Waals surface area contributed by atoms with Gasteiger partial charge in [0.1, 0.15) is 0 Å². The number of hydrogen-bond acceptors (Lipinski definition) is 1. The van der Waals surface area contributed by atoms with Crippen LogP contribution in [-0.4, -0.2) is 0 Å². The van der Waals surface area contributed by atoms with Crippen LogP contribution in [0.5, 0.6) is 0 Å². The van der Waals surface area contributed by atoms with Crippen molar-refractivity contribution in [3.05, 3.63) is 173 Å². The maximum atomic E-state index is 2.67. The normalized spacial score (nSPS) is 27.2. The van der Waals surface area contributed by atoms with Gasteiger partial charge in [0, 0.05) is 33.3 Å². The fraction of sp³-hybridized carbons (Fsp3) is 0.321. The Hall–Kier alpha value is -4.88. The zero-order valence-electron chi connectivity index (χ0n) is 32.4. The van der Waals surface area contributed by atoms with Gasteiger partial charge >= 0.3 is 0 Å². The highest BCUT2D eigenvalue weighted by molar-refractivity contribution is 5.86. The zero-order valence-corrected chi connectivity index (χ0v) is 32.4. The molecule has 1 nitrogen and oxygen atoms in total. The Labute approximate surface area is 322 Å². The maximum Gasteiger partial charge on any atom is 0.0467 e. The van der Waals surface area contributed by atoms with Gasteiger partial charge in [-0.25, -0.2) is 0 Å². The minimum Gasteiger partial charge on any atom is -0.310 e. The second-order valence-electron chi connectivity index (χ2n) is 18.7. The lowest BCUT2D eigenvalue weighted by Crippen LogP contribution is -2.46. The number of nitrogens with zero attached hydrogens (tertiary/aromatic N) is 1. The molecule has 0 aromatic heterocycles. The highest BCUT2D eigenvalue weighted by Gasteiger charge is 2.68. The topological polar surface area (TPSA) is 3.24 Å². The van der Waals surface area contributed by atoms with E-state index < -0.39 is 0 Å². The summed E-state index contributed by atoms with van der Waals surface area (Å²) >= 11 is 0. The molecule has 0 N–H and O–H groups in total. The molecule has 3 saturated carbocycles. The van der Waals surface area contributed by atoms with Gasteiger partial charge in [-0.15, -0.1) is 0 Å². The van der Waals surface area contributed by atoms with Crippen LogP contribution in [0.25, 0.3) is 22.3 Å². The molecule has 0 amide bonds. The summed E-state index contributed by atoms with van der Waals surface area (Å²) in [5.74, 6) is 3.66. The minimum absolute atomic E-state index is 0.0760. The number of hydrogen-bond donors (Lipinski definition) is 0. The molecule has 6 aromatic rings. The summed E-state index contributed by atoms with van der Waals surface area (Å²) in [4.78, 5) is 2.57. The van der Waals surface area contributed by atoms with E-state index in [0.717, 1.165) is 23.7 Å². The number of rotatable bonds is 4. The third kappa shape index (κ3) is 4.27. The molecule has 0 saturated heterocycles. The highest BCUT2D eigenvalue weighted by atomic mass is 15.1. The predicted molar refractivity (Wildman–Crippen MR) is 225 cm³/mol. The van der Waals surface area contributed by atoms with Crippen LogP contribution < -0.4 is 4.90 Å². The Morgan fingerprint density at radius 2 is 1.06 bits per heavy atom. The molecule has 11 rings (SSSR count). The first-order chi connectivity index (χ1) is 26.2. The van der Waals surface area contributed by atoms with Gasteiger partial charge in [0.05, 0.1) is 0 Å². The molecule has 6 aromatic carbocycles. The average molecular weight is 702 g/mol. The summed E-state index contributed by atoms with van der Waals surface area (Å²) < 4.78 is 0. The molecule has 3 fully saturated rings. The van der Waals surface area contributed by atoms with Gasteiger partial charge in [-0.3, -0.25) is 0 Å². The third-order valence-corrected chi connectivity index (χ3v) is 15.3. The fourth-order valence-electron chi connectivity index (χ4n) is 13.3. The van der Waals surface area contributed by atoms with E-state index in [9.17, 15) is 0 Å². The van der Waals surface area contributed by atoms with Crippen LogP contribution in [0, 0.1) is 23.7 Å². The molecule has 5 aliphatic rings. The van der Waals surface area contributed by atoms with Crippen LogP contribution in [0.2, 0.25) is 0 Å². The van der Waals surface area contributed by atoms with Crippen molar-refractivity contribution in [3.63, 3.8) is 0 Å². The maximum absolute atomic E-state index is 2.67. The van der Waals surface area contributed by atoms with Crippen LogP contribution in [0.4, 0.5) is 17.1 Å². The summed E-state index contributed by atoms with van der Waals surface area (Å²) in [6.07, 6.45) is 5.51. The first-order valence-corrected chi connectivity index (χ1v) is 20.6. The first kappa shape index (κ1) is 32.5. The Morgan fingerprint density at radius 3 is 1.83 bits per heavy atom. The number of anilines is 3. The monoisotopic (exact) mass is 701 g/mol. The highest BCUT2D eigenvalue weighted by Crippen LogP contribution is 2.75. The Bertz CT molecular complexity index is 2450. The molecule has 3 atom stereocenters. The van der Waals surface area contributed by atoms with Crippen molar-refractivity contribution in [2.75, 3.05) is 4.90 Å². The lowest BCUT2D eigenvalue weighted by molar-refractivity contribution is 0.0822. The van der Waals surface area contributed by atoms with Crippen LogP contribution in [0.1, 0.15) is 99.6 Å². The number of fused-ring (bicyclic) bond motifs is 5. The van der Waals surface area contributed by atoms with Crippen molar-refractivity contribution >= 4 is 17.1 Å². The average Bonchev–Trinajstić information content (AvgIpc) is 3.75. The van der Waals surface area contributed by atoms with E-state index in [1.807, 2.05) is 0 Å². The van der Waals surface area contributed by atoms with E-state index in [-0.39, 0.29) is 16.2 Å². The molecule has 1 unspecified atom stereocenters. The Balaban J connectivity index is 1.14. The lowest BCUT2D eigenvalue weighted by atomic mass is 9.53. The molecule has 1 spiro atoms. The predicted octanol–water partition coefficient (Wildman–Crippen LogP) is 13.9.